The van der Waals surface area contributed by atoms with Crippen molar-refractivity contribution in [2.45, 2.75) is 19.5 Å². The SMILES string of the molecule is CC(NC(=O)Cn1ccccc1=O)c1cc2ccccc2o1. The van der Waals surface area contributed by atoms with Gasteiger partial charge in [0.25, 0.3) is 5.56 Å². The van der Waals surface area contributed by atoms with Crippen molar-refractivity contribution in [1.82, 2.24) is 9.88 Å². The molecule has 1 amide bonds. The van der Waals surface area contributed by atoms with Gasteiger partial charge in [-0.1, -0.05) is 24.3 Å². The number of amides is 1. The standard InChI is InChI=1S/C17H16N2O3/c1-12(15-10-13-6-2-3-7-14(13)22-15)18-16(20)11-19-9-5-4-8-17(19)21/h2-10,12H,11H2,1H3,(H,18,20). The van der Waals surface area contributed by atoms with Crippen molar-refractivity contribution in [3.05, 3.63) is 70.8 Å². The lowest BCUT2D eigenvalue weighted by Crippen LogP contribution is -2.33. The van der Waals surface area contributed by atoms with E-state index in [0.29, 0.717) is 5.76 Å². The molecule has 0 bridgehead atoms. The van der Waals surface area contributed by atoms with Crippen LogP contribution in [0.3, 0.4) is 0 Å². The zero-order chi connectivity index (χ0) is 15.5. The molecule has 2 heterocycles. The molecule has 0 radical (unpaired) electrons. The van der Waals surface area contributed by atoms with E-state index in [0.717, 1.165) is 11.0 Å². The molecule has 22 heavy (non-hydrogen) atoms. The number of para-hydroxylation sites is 1. The maximum Gasteiger partial charge on any atom is 0.250 e. The second-order valence-corrected chi connectivity index (χ2v) is 5.14. The van der Waals surface area contributed by atoms with Crippen molar-refractivity contribution in [2.75, 3.05) is 0 Å². The van der Waals surface area contributed by atoms with Gasteiger partial charge in [-0.05, 0) is 25.1 Å². The van der Waals surface area contributed by atoms with Crippen molar-refractivity contribution in [2.24, 2.45) is 0 Å². The molecule has 0 saturated carbocycles. The second kappa shape index (κ2) is 5.89. The van der Waals surface area contributed by atoms with Crippen LogP contribution >= 0.6 is 0 Å². The van der Waals surface area contributed by atoms with E-state index in [2.05, 4.69) is 5.32 Å². The Bertz CT molecular complexity index is 830. The topological polar surface area (TPSA) is 64.2 Å². The third kappa shape index (κ3) is 2.93. The fraction of sp³-hybridized carbons (Fsp3) is 0.176. The highest BCUT2D eigenvalue weighted by Gasteiger charge is 2.14. The summed E-state index contributed by atoms with van der Waals surface area (Å²) in [6.07, 6.45) is 1.59. The molecule has 3 rings (SSSR count). The van der Waals surface area contributed by atoms with Crippen LogP contribution in [-0.4, -0.2) is 10.5 Å². The summed E-state index contributed by atoms with van der Waals surface area (Å²) in [5, 5.41) is 3.84. The Hall–Kier alpha value is -2.82. The molecule has 2 aromatic heterocycles. The molecule has 0 aliphatic rings. The summed E-state index contributed by atoms with van der Waals surface area (Å²) < 4.78 is 7.08. The summed E-state index contributed by atoms with van der Waals surface area (Å²) >= 11 is 0. The summed E-state index contributed by atoms with van der Waals surface area (Å²) in [6.45, 7) is 1.84. The maximum absolute atomic E-state index is 12.1. The number of carbonyl (C=O) groups excluding carboxylic acids is 1. The number of benzene rings is 1. The fourth-order valence-corrected chi connectivity index (χ4v) is 2.32. The number of rotatable bonds is 4. The normalized spacial score (nSPS) is 12.2. The number of aromatic nitrogens is 1. The molecule has 1 aromatic carbocycles. The average molecular weight is 296 g/mol. The lowest BCUT2D eigenvalue weighted by atomic mass is 10.2. The number of hydrogen-bond acceptors (Lipinski definition) is 3. The molecule has 0 fully saturated rings. The smallest absolute Gasteiger partial charge is 0.250 e. The van der Waals surface area contributed by atoms with E-state index in [9.17, 15) is 9.59 Å². The lowest BCUT2D eigenvalue weighted by Gasteiger charge is -2.12. The Morgan fingerprint density at radius 1 is 1.23 bits per heavy atom. The summed E-state index contributed by atoms with van der Waals surface area (Å²) in [5.41, 5.74) is 0.590. The van der Waals surface area contributed by atoms with E-state index < -0.39 is 0 Å². The quantitative estimate of drug-likeness (QED) is 0.804. The first kappa shape index (κ1) is 14.1. The van der Waals surface area contributed by atoms with Crippen LogP contribution in [0, 0.1) is 0 Å². The minimum Gasteiger partial charge on any atom is -0.459 e. The Kier molecular flexibility index (Phi) is 3.78. The maximum atomic E-state index is 12.1. The van der Waals surface area contributed by atoms with Crippen LogP contribution in [0.15, 0.2) is 63.9 Å². The first-order valence-corrected chi connectivity index (χ1v) is 7.07. The summed E-state index contributed by atoms with van der Waals surface area (Å²) in [5.74, 6) is 0.455. The van der Waals surface area contributed by atoms with E-state index in [4.69, 9.17) is 4.42 Å². The van der Waals surface area contributed by atoms with Crippen molar-refractivity contribution >= 4 is 16.9 Å². The number of furan rings is 1. The number of fused-ring (bicyclic) bond motifs is 1. The molecule has 1 N–H and O–H groups in total. The molecule has 5 heteroatoms. The highest BCUT2D eigenvalue weighted by molar-refractivity contribution is 5.79. The van der Waals surface area contributed by atoms with Crippen molar-refractivity contribution < 1.29 is 9.21 Å². The number of hydrogen-bond donors (Lipinski definition) is 1. The summed E-state index contributed by atoms with van der Waals surface area (Å²) in [4.78, 5) is 23.6. The monoisotopic (exact) mass is 296 g/mol. The molecule has 0 aliphatic heterocycles. The first-order valence-electron chi connectivity index (χ1n) is 7.07. The highest BCUT2D eigenvalue weighted by atomic mass is 16.3. The second-order valence-electron chi connectivity index (χ2n) is 5.14. The molecular formula is C17H16N2O3. The van der Waals surface area contributed by atoms with Gasteiger partial charge in [-0.3, -0.25) is 9.59 Å². The van der Waals surface area contributed by atoms with Crippen LogP contribution in [-0.2, 0) is 11.3 Å². The van der Waals surface area contributed by atoms with Crippen LogP contribution in [0.5, 0.6) is 0 Å². The third-order valence-electron chi connectivity index (χ3n) is 3.46. The minimum absolute atomic E-state index is 0.00968. The highest BCUT2D eigenvalue weighted by Crippen LogP contribution is 2.23. The van der Waals surface area contributed by atoms with Crippen LogP contribution in [0.1, 0.15) is 18.7 Å². The number of pyridine rings is 1. The largest absolute Gasteiger partial charge is 0.459 e. The van der Waals surface area contributed by atoms with Crippen LogP contribution in [0.25, 0.3) is 11.0 Å². The molecule has 0 spiro atoms. The van der Waals surface area contributed by atoms with Crippen molar-refractivity contribution in [3.63, 3.8) is 0 Å². The van der Waals surface area contributed by atoms with E-state index in [-0.39, 0.29) is 24.1 Å². The Balaban J connectivity index is 1.71. The van der Waals surface area contributed by atoms with Gasteiger partial charge < -0.3 is 14.3 Å². The molecule has 1 atom stereocenters. The summed E-state index contributed by atoms with van der Waals surface area (Å²) in [6, 6.07) is 14.1. The van der Waals surface area contributed by atoms with E-state index >= 15 is 0 Å². The van der Waals surface area contributed by atoms with Gasteiger partial charge in [0, 0.05) is 17.6 Å². The molecule has 0 saturated heterocycles. The van der Waals surface area contributed by atoms with Gasteiger partial charge in [-0.15, -0.1) is 0 Å². The zero-order valence-corrected chi connectivity index (χ0v) is 12.2. The van der Waals surface area contributed by atoms with Gasteiger partial charge in [0.05, 0.1) is 6.04 Å². The first-order chi connectivity index (χ1) is 10.6. The Labute approximate surface area is 127 Å². The van der Waals surface area contributed by atoms with Crippen LogP contribution < -0.4 is 10.9 Å². The number of nitrogens with one attached hydrogen (secondary N) is 1. The fourth-order valence-electron chi connectivity index (χ4n) is 2.32. The van der Waals surface area contributed by atoms with Crippen molar-refractivity contribution in [1.29, 1.82) is 0 Å². The Morgan fingerprint density at radius 3 is 2.77 bits per heavy atom. The lowest BCUT2D eigenvalue weighted by molar-refractivity contribution is -0.122. The predicted molar refractivity (Wildman–Crippen MR) is 83.5 cm³/mol. The number of carbonyl (C=O) groups is 1. The van der Waals surface area contributed by atoms with Gasteiger partial charge >= 0.3 is 0 Å². The minimum atomic E-state index is -0.265. The predicted octanol–water partition coefficient (Wildman–Crippen LogP) is 2.47. The van der Waals surface area contributed by atoms with Gasteiger partial charge in [0.1, 0.15) is 17.9 Å². The molecule has 3 aromatic rings. The summed E-state index contributed by atoms with van der Waals surface area (Å²) in [7, 11) is 0. The van der Waals surface area contributed by atoms with Gasteiger partial charge in [-0.2, -0.15) is 0 Å². The van der Waals surface area contributed by atoms with Crippen molar-refractivity contribution in [3.8, 4) is 0 Å². The van der Waals surface area contributed by atoms with E-state index in [1.54, 1.807) is 18.3 Å². The van der Waals surface area contributed by atoms with E-state index in [1.807, 2.05) is 37.3 Å². The van der Waals surface area contributed by atoms with Gasteiger partial charge in [-0.25, -0.2) is 0 Å². The van der Waals surface area contributed by atoms with Crippen LogP contribution in [0.2, 0.25) is 0 Å². The van der Waals surface area contributed by atoms with Crippen LogP contribution in [0.4, 0.5) is 0 Å². The molecule has 112 valence electrons. The molecule has 1 unspecified atom stereocenters. The Morgan fingerprint density at radius 2 is 2.00 bits per heavy atom. The number of nitrogens with zero attached hydrogens (tertiary/aromatic N) is 1. The third-order valence-corrected chi connectivity index (χ3v) is 3.46. The molecular weight excluding hydrogens is 280 g/mol. The zero-order valence-electron chi connectivity index (χ0n) is 12.2. The molecule has 5 nitrogen and oxygen atoms in total. The van der Waals surface area contributed by atoms with Gasteiger partial charge in [0.2, 0.25) is 5.91 Å². The average Bonchev–Trinajstić information content (AvgIpc) is 2.93. The van der Waals surface area contributed by atoms with E-state index in [1.165, 1.54) is 10.6 Å². The van der Waals surface area contributed by atoms with Gasteiger partial charge in [0.15, 0.2) is 0 Å². The molecule has 0 aliphatic carbocycles.